The van der Waals surface area contributed by atoms with Crippen molar-refractivity contribution in [1.82, 2.24) is 9.47 Å². The maximum atomic E-state index is 2.48. The van der Waals surface area contributed by atoms with Gasteiger partial charge in [-0.05, 0) is 36.6 Å². The van der Waals surface area contributed by atoms with E-state index in [1.807, 2.05) is 0 Å². The first-order valence-electron chi connectivity index (χ1n) is 12.2. The van der Waals surface area contributed by atoms with Crippen LogP contribution in [0.15, 0.2) is 116 Å². The van der Waals surface area contributed by atoms with Crippen LogP contribution in [0.4, 0.5) is 5.82 Å². The van der Waals surface area contributed by atoms with E-state index < -0.39 is 0 Å². The predicted molar refractivity (Wildman–Crippen MR) is 148 cm³/mol. The zero-order valence-electron chi connectivity index (χ0n) is 20.4. The molecule has 0 spiro atoms. The molecule has 1 aromatic heterocycles. The first-order chi connectivity index (χ1) is 17.1. The van der Waals surface area contributed by atoms with E-state index in [1.165, 1.54) is 50.2 Å². The molecule has 5 aromatic rings. The fourth-order valence-electron chi connectivity index (χ4n) is 5.28. The van der Waals surface area contributed by atoms with Crippen LogP contribution in [0, 0.1) is 6.92 Å². The van der Waals surface area contributed by atoms with Gasteiger partial charge < -0.3 is 9.80 Å². The quantitative estimate of drug-likeness (QED) is 0.273. The smallest absolute Gasteiger partial charge is 0.123 e. The van der Waals surface area contributed by atoms with E-state index in [9.17, 15) is 0 Å². The fraction of sp³-hybridized carbons (Fsp3) is 0.125. The molecule has 0 saturated heterocycles. The second-order valence-corrected chi connectivity index (χ2v) is 9.24. The molecule has 3 nitrogen and oxygen atoms in total. The van der Waals surface area contributed by atoms with Gasteiger partial charge in [-0.15, -0.1) is 0 Å². The van der Waals surface area contributed by atoms with Gasteiger partial charge in [0.2, 0.25) is 0 Å². The van der Waals surface area contributed by atoms with Crippen molar-refractivity contribution in [3.8, 4) is 27.9 Å². The number of fused-ring (bicyclic) bond motifs is 1. The first kappa shape index (κ1) is 21.3. The third-order valence-electron chi connectivity index (χ3n) is 7.22. The Morgan fingerprint density at radius 2 is 1.20 bits per heavy atom. The zero-order chi connectivity index (χ0) is 23.9. The Labute approximate surface area is 207 Å². The Bertz CT molecular complexity index is 1470. The number of anilines is 1. The van der Waals surface area contributed by atoms with Gasteiger partial charge in [0.1, 0.15) is 12.0 Å². The SMILES string of the molecule is Cc1c(N2C=CN(C)[C@@H]2C)n(-c2c(-c3ccccc3)cccc2-c2ccccc2)c2ccccc12. The molecule has 0 N–H and O–H groups in total. The molecule has 1 atom stereocenters. The lowest BCUT2D eigenvalue weighted by Crippen LogP contribution is -2.34. The molecule has 0 radical (unpaired) electrons. The summed E-state index contributed by atoms with van der Waals surface area (Å²) < 4.78 is 2.48. The highest BCUT2D eigenvalue weighted by Crippen LogP contribution is 2.44. The summed E-state index contributed by atoms with van der Waals surface area (Å²) in [5.74, 6) is 1.21. The number of nitrogens with zero attached hydrogens (tertiary/aromatic N) is 3. The normalized spacial score (nSPS) is 15.3. The van der Waals surface area contributed by atoms with Gasteiger partial charge in [0.05, 0.1) is 11.2 Å². The molecule has 6 rings (SSSR count). The van der Waals surface area contributed by atoms with E-state index in [0.29, 0.717) is 0 Å². The van der Waals surface area contributed by atoms with Crippen molar-refractivity contribution in [3.63, 3.8) is 0 Å². The molecule has 0 bridgehead atoms. The summed E-state index contributed by atoms with van der Waals surface area (Å²) in [5, 5.41) is 1.28. The summed E-state index contributed by atoms with van der Waals surface area (Å²) in [6, 6.07) is 36.9. The van der Waals surface area contributed by atoms with Crippen LogP contribution in [-0.4, -0.2) is 22.7 Å². The van der Waals surface area contributed by atoms with Gasteiger partial charge in [-0.3, -0.25) is 4.57 Å². The molecule has 0 amide bonds. The van der Waals surface area contributed by atoms with Gasteiger partial charge in [0.25, 0.3) is 0 Å². The second kappa shape index (κ2) is 8.52. The van der Waals surface area contributed by atoms with Gasteiger partial charge in [-0.2, -0.15) is 0 Å². The third-order valence-corrected chi connectivity index (χ3v) is 7.22. The molecule has 1 aliphatic rings. The standard InChI is InChI=1S/C32H29N3/c1-23-27-17-10-11-20-30(27)35(32(23)34-22-21-33(3)24(34)2)31-28(25-13-6-4-7-14-25)18-12-19-29(31)26-15-8-5-9-16-26/h4-22,24H,1-3H3/t24-/m0/s1. The summed E-state index contributed by atoms with van der Waals surface area (Å²) in [5.41, 5.74) is 8.58. The monoisotopic (exact) mass is 455 g/mol. The lowest BCUT2D eigenvalue weighted by molar-refractivity contribution is 0.381. The second-order valence-electron chi connectivity index (χ2n) is 9.24. The number of para-hydroxylation sites is 2. The Balaban J connectivity index is 1.75. The Morgan fingerprint density at radius 3 is 1.77 bits per heavy atom. The fourth-order valence-corrected chi connectivity index (χ4v) is 5.28. The lowest BCUT2D eigenvalue weighted by Gasteiger charge is -2.30. The van der Waals surface area contributed by atoms with Crippen LogP contribution in [0.5, 0.6) is 0 Å². The van der Waals surface area contributed by atoms with Crippen LogP contribution in [0.25, 0.3) is 38.8 Å². The van der Waals surface area contributed by atoms with E-state index in [2.05, 4.69) is 151 Å². The highest BCUT2D eigenvalue weighted by atomic mass is 15.4. The van der Waals surface area contributed by atoms with Crippen molar-refractivity contribution in [2.24, 2.45) is 0 Å². The van der Waals surface area contributed by atoms with E-state index >= 15 is 0 Å². The number of benzene rings is 4. The van der Waals surface area contributed by atoms with Gasteiger partial charge in [-0.25, -0.2) is 0 Å². The molecule has 0 aliphatic carbocycles. The molecule has 4 aromatic carbocycles. The van der Waals surface area contributed by atoms with E-state index in [0.717, 1.165) is 0 Å². The van der Waals surface area contributed by atoms with Crippen molar-refractivity contribution < 1.29 is 0 Å². The molecule has 3 heteroatoms. The molecular weight excluding hydrogens is 426 g/mol. The van der Waals surface area contributed by atoms with Gasteiger partial charge in [-0.1, -0.05) is 97.1 Å². The van der Waals surface area contributed by atoms with E-state index in [4.69, 9.17) is 0 Å². The van der Waals surface area contributed by atoms with Crippen LogP contribution >= 0.6 is 0 Å². The molecular formula is C32H29N3. The third kappa shape index (κ3) is 3.43. The number of hydrogen-bond donors (Lipinski definition) is 0. The van der Waals surface area contributed by atoms with Crippen molar-refractivity contribution in [1.29, 1.82) is 0 Å². The maximum absolute atomic E-state index is 2.48. The summed E-state index contributed by atoms with van der Waals surface area (Å²) >= 11 is 0. The zero-order valence-corrected chi connectivity index (χ0v) is 20.4. The molecule has 0 fully saturated rings. The average Bonchev–Trinajstić information content (AvgIpc) is 3.39. The van der Waals surface area contributed by atoms with Crippen LogP contribution in [-0.2, 0) is 0 Å². The molecule has 0 saturated carbocycles. The topological polar surface area (TPSA) is 11.4 Å². The lowest BCUT2D eigenvalue weighted by atomic mass is 9.95. The minimum atomic E-state index is 0.223. The Morgan fingerprint density at radius 1 is 0.629 bits per heavy atom. The Kier molecular flexibility index (Phi) is 5.18. The van der Waals surface area contributed by atoms with Crippen molar-refractivity contribution in [2.45, 2.75) is 20.0 Å². The van der Waals surface area contributed by atoms with Gasteiger partial charge in [0.15, 0.2) is 0 Å². The highest BCUT2D eigenvalue weighted by molar-refractivity contribution is 5.97. The van der Waals surface area contributed by atoms with Gasteiger partial charge >= 0.3 is 0 Å². The van der Waals surface area contributed by atoms with Crippen molar-refractivity contribution in [3.05, 3.63) is 121 Å². The maximum Gasteiger partial charge on any atom is 0.123 e. The summed E-state index contributed by atoms with van der Waals surface area (Å²) in [7, 11) is 2.14. The highest BCUT2D eigenvalue weighted by Gasteiger charge is 2.29. The number of rotatable bonds is 4. The van der Waals surface area contributed by atoms with Crippen LogP contribution in [0.2, 0.25) is 0 Å². The summed E-state index contributed by atoms with van der Waals surface area (Å²) in [6.07, 6.45) is 4.59. The Hall–Kier alpha value is -4.24. The van der Waals surface area contributed by atoms with E-state index in [1.54, 1.807) is 0 Å². The number of hydrogen-bond acceptors (Lipinski definition) is 2. The number of aromatic nitrogens is 1. The largest absolute Gasteiger partial charge is 0.359 e. The molecule has 35 heavy (non-hydrogen) atoms. The minimum absolute atomic E-state index is 0.223. The minimum Gasteiger partial charge on any atom is -0.359 e. The molecule has 1 aliphatic heterocycles. The predicted octanol–water partition coefficient (Wildman–Crippen LogP) is 7.84. The molecule has 172 valence electrons. The number of aryl methyl sites for hydroxylation is 1. The average molecular weight is 456 g/mol. The molecule has 0 unspecified atom stereocenters. The van der Waals surface area contributed by atoms with Crippen LogP contribution in [0.3, 0.4) is 0 Å². The summed E-state index contributed by atoms with van der Waals surface area (Å²) in [6.45, 7) is 4.50. The summed E-state index contributed by atoms with van der Waals surface area (Å²) in [4.78, 5) is 4.65. The molecule has 2 heterocycles. The van der Waals surface area contributed by atoms with Crippen molar-refractivity contribution in [2.75, 3.05) is 11.9 Å². The van der Waals surface area contributed by atoms with Crippen LogP contribution < -0.4 is 4.90 Å². The van der Waals surface area contributed by atoms with E-state index in [-0.39, 0.29) is 6.17 Å². The van der Waals surface area contributed by atoms with Crippen LogP contribution in [0.1, 0.15) is 12.5 Å². The first-order valence-corrected chi connectivity index (χ1v) is 12.2. The van der Waals surface area contributed by atoms with Crippen molar-refractivity contribution >= 4 is 16.7 Å². The van der Waals surface area contributed by atoms with Gasteiger partial charge in [0, 0.05) is 36.0 Å².